The minimum Gasteiger partial charge on any atom is -0.313 e. The second-order valence-electron chi connectivity index (χ2n) is 4.02. The maximum atomic E-state index is 11.2. The van der Waals surface area contributed by atoms with Gasteiger partial charge in [0.2, 0.25) is 0 Å². The Morgan fingerprint density at radius 2 is 2.06 bits per heavy atom. The number of nitrogens with one attached hydrogen (secondary N) is 1. The van der Waals surface area contributed by atoms with Crippen LogP contribution in [0, 0.1) is 0 Å². The minimum absolute atomic E-state index is 0.263. The minimum atomic E-state index is -0.719. The number of rotatable bonds is 6. The first-order valence-electron chi connectivity index (χ1n) is 5.47. The summed E-state index contributed by atoms with van der Waals surface area (Å²) in [6.07, 6.45) is 2.71. The van der Waals surface area contributed by atoms with E-state index in [0.29, 0.717) is 0 Å². The van der Waals surface area contributed by atoms with Crippen molar-refractivity contribution in [2.75, 3.05) is 12.8 Å². The van der Waals surface area contributed by atoms with Crippen molar-refractivity contribution in [3.05, 3.63) is 32.7 Å². The fraction of sp³-hybridized carbons (Fsp3) is 0.500. The summed E-state index contributed by atoms with van der Waals surface area (Å²) in [7, 11) is -0.719. The Bertz CT molecular complexity index is 398. The van der Waals surface area contributed by atoms with E-state index in [2.05, 4.69) is 49.3 Å². The zero-order valence-corrected chi connectivity index (χ0v) is 14.0. The van der Waals surface area contributed by atoms with Gasteiger partial charge >= 0.3 is 0 Å². The van der Waals surface area contributed by atoms with Gasteiger partial charge in [0.25, 0.3) is 0 Å². The van der Waals surface area contributed by atoms with Gasteiger partial charge in [-0.2, -0.15) is 0 Å². The van der Waals surface area contributed by atoms with Gasteiger partial charge in [-0.25, -0.2) is 0 Å². The Morgan fingerprint density at radius 3 is 2.65 bits per heavy atom. The van der Waals surface area contributed by atoms with E-state index in [1.165, 1.54) is 5.56 Å². The van der Waals surface area contributed by atoms with Crippen molar-refractivity contribution >= 4 is 42.7 Å². The highest BCUT2D eigenvalue weighted by Crippen LogP contribution is 2.23. The van der Waals surface area contributed by atoms with E-state index in [0.717, 1.165) is 28.5 Å². The standard InChI is InChI=1S/C12H17Br2NOS/c1-9(17(2)16)5-6-15-8-10-3-4-11(13)12(14)7-10/h3-4,7,9,15H,5-6,8H2,1-2H3. The molecule has 0 heterocycles. The van der Waals surface area contributed by atoms with Crippen molar-refractivity contribution in [2.45, 2.75) is 25.1 Å². The molecule has 1 rings (SSSR count). The lowest BCUT2D eigenvalue weighted by Crippen LogP contribution is -2.20. The van der Waals surface area contributed by atoms with Crippen LogP contribution in [0.3, 0.4) is 0 Å². The topological polar surface area (TPSA) is 29.1 Å². The summed E-state index contributed by atoms with van der Waals surface area (Å²) in [6.45, 7) is 3.76. The first-order valence-corrected chi connectivity index (χ1v) is 8.68. The molecule has 5 heteroatoms. The smallest absolute Gasteiger partial charge is 0.0329 e. The van der Waals surface area contributed by atoms with Crippen molar-refractivity contribution in [3.8, 4) is 0 Å². The largest absolute Gasteiger partial charge is 0.313 e. The van der Waals surface area contributed by atoms with E-state index in [-0.39, 0.29) is 5.25 Å². The summed E-state index contributed by atoms with van der Waals surface area (Å²) in [5.74, 6) is 0. The maximum Gasteiger partial charge on any atom is 0.0329 e. The van der Waals surface area contributed by atoms with Crippen LogP contribution in [0.2, 0.25) is 0 Å². The molecule has 2 unspecified atom stereocenters. The average Bonchev–Trinajstić information content (AvgIpc) is 2.28. The van der Waals surface area contributed by atoms with Gasteiger partial charge < -0.3 is 5.32 Å². The third-order valence-electron chi connectivity index (χ3n) is 2.61. The quantitative estimate of drug-likeness (QED) is 0.763. The lowest BCUT2D eigenvalue weighted by molar-refractivity contribution is 0.629. The molecular weight excluding hydrogens is 366 g/mol. The van der Waals surface area contributed by atoms with Crippen LogP contribution in [-0.4, -0.2) is 22.3 Å². The molecule has 0 saturated heterocycles. The van der Waals surface area contributed by atoms with Crippen molar-refractivity contribution in [1.82, 2.24) is 5.32 Å². The highest BCUT2D eigenvalue weighted by molar-refractivity contribution is 9.13. The first kappa shape index (κ1) is 15.3. The van der Waals surface area contributed by atoms with Crippen LogP contribution in [0.5, 0.6) is 0 Å². The molecule has 0 bridgehead atoms. The summed E-state index contributed by atoms with van der Waals surface area (Å²) in [6, 6.07) is 6.21. The van der Waals surface area contributed by atoms with Crippen molar-refractivity contribution in [3.63, 3.8) is 0 Å². The van der Waals surface area contributed by atoms with Crippen LogP contribution in [0.25, 0.3) is 0 Å². The summed E-state index contributed by atoms with van der Waals surface area (Å²) in [4.78, 5) is 0. The average molecular weight is 383 g/mol. The second-order valence-corrected chi connectivity index (χ2v) is 7.53. The van der Waals surface area contributed by atoms with Crippen LogP contribution in [0.1, 0.15) is 18.9 Å². The number of halogens is 2. The molecule has 0 aromatic heterocycles. The molecular formula is C12H17Br2NOS. The van der Waals surface area contributed by atoms with Gasteiger partial charge in [-0.05, 0) is 62.5 Å². The van der Waals surface area contributed by atoms with Crippen molar-refractivity contribution in [1.29, 1.82) is 0 Å². The summed E-state index contributed by atoms with van der Waals surface area (Å²) in [5.41, 5.74) is 1.24. The Morgan fingerprint density at radius 1 is 1.35 bits per heavy atom. The van der Waals surface area contributed by atoms with Crippen molar-refractivity contribution in [2.24, 2.45) is 0 Å². The third kappa shape index (κ3) is 5.64. The van der Waals surface area contributed by atoms with Gasteiger partial charge in [0.15, 0.2) is 0 Å². The molecule has 96 valence electrons. The van der Waals surface area contributed by atoms with Gasteiger partial charge in [0.1, 0.15) is 0 Å². The van der Waals surface area contributed by atoms with Gasteiger partial charge in [-0.15, -0.1) is 0 Å². The van der Waals surface area contributed by atoms with Crippen molar-refractivity contribution < 1.29 is 4.21 Å². The van der Waals surface area contributed by atoms with E-state index in [4.69, 9.17) is 0 Å². The summed E-state index contributed by atoms with van der Waals surface area (Å²) >= 11 is 6.93. The van der Waals surface area contributed by atoms with Gasteiger partial charge in [-0.3, -0.25) is 4.21 Å². The molecule has 2 nitrogen and oxygen atoms in total. The van der Waals surface area contributed by atoms with Gasteiger partial charge in [0.05, 0.1) is 0 Å². The number of hydrogen-bond donors (Lipinski definition) is 1. The van der Waals surface area contributed by atoms with E-state index in [9.17, 15) is 4.21 Å². The molecule has 0 radical (unpaired) electrons. The zero-order valence-electron chi connectivity index (χ0n) is 10.0. The second kappa shape index (κ2) is 7.67. The van der Waals surface area contributed by atoms with Crippen LogP contribution < -0.4 is 5.32 Å². The maximum absolute atomic E-state index is 11.2. The van der Waals surface area contributed by atoms with Crippen LogP contribution in [-0.2, 0) is 17.3 Å². The first-order chi connectivity index (χ1) is 8.00. The Kier molecular flexibility index (Phi) is 6.92. The van der Waals surface area contributed by atoms with Crippen LogP contribution in [0.15, 0.2) is 27.1 Å². The van der Waals surface area contributed by atoms with Gasteiger partial charge in [0, 0.05) is 37.8 Å². The van der Waals surface area contributed by atoms with E-state index in [1.54, 1.807) is 6.26 Å². The SMILES string of the molecule is CC(CCNCc1ccc(Br)c(Br)c1)S(C)=O. The van der Waals surface area contributed by atoms with Crippen LogP contribution >= 0.6 is 31.9 Å². The summed E-state index contributed by atoms with van der Waals surface area (Å²) < 4.78 is 13.3. The highest BCUT2D eigenvalue weighted by Gasteiger charge is 2.05. The fourth-order valence-electron chi connectivity index (χ4n) is 1.35. The Balaban J connectivity index is 2.31. The Labute approximate surface area is 122 Å². The molecule has 0 aliphatic heterocycles. The summed E-state index contributed by atoms with van der Waals surface area (Å²) in [5, 5.41) is 3.63. The van der Waals surface area contributed by atoms with E-state index >= 15 is 0 Å². The lowest BCUT2D eigenvalue weighted by Gasteiger charge is -2.09. The predicted octanol–water partition coefficient (Wildman–Crippen LogP) is 3.46. The molecule has 1 aromatic carbocycles. The molecule has 0 aliphatic rings. The molecule has 17 heavy (non-hydrogen) atoms. The lowest BCUT2D eigenvalue weighted by atomic mass is 10.2. The molecule has 0 spiro atoms. The van der Waals surface area contributed by atoms with E-state index < -0.39 is 10.8 Å². The van der Waals surface area contributed by atoms with Gasteiger partial charge in [-0.1, -0.05) is 13.0 Å². The monoisotopic (exact) mass is 381 g/mol. The number of benzene rings is 1. The molecule has 0 fully saturated rings. The molecule has 2 atom stereocenters. The normalized spacial score (nSPS) is 14.6. The molecule has 1 N–H and O–H groups in total. The third-order valence-corrected chi connectivity index (χ3v) is 5.86. The zero-order chi connectivity index (χ0) is 12.8. The molecule has 1 aromatic rings. The molecule has 0 aliphatic carbocycles. The Hall–Kier alpha value is 0.290. The van der Waals surface area contributed by atoms with Crippen LogP contribution in [0.4, 0.5) is 0 Å². The highest BCUT2D eigenvalue weighted by atomic mass is 79.9. The number of hydrogen-bond acceptors (Lipinski definition) is 2. The molecule has 0 amide bonds. The van der Waals surface area contributed by atoms with E-state index in [1.807, 2.05) is 13.0 Å². The predicted molar refractivity (Wildman–Crippen MR) is 81.7 cm³/mol. The fourth-order valence-corrected chi connectivity index (χ4v) is 2.48. The molecule has 0 saturated carbocycles.